The SMILES string of the molecule is COc1cc(C(O)CN)cc(SC)c1OC. The van der Waals surface area contributed by atoms with Crippen LogP contribution in [0.4, 0.5) is 0 Å². The lowest BCUT2D eigenvalue weighted by atomic mass is 10.1. The molecule has 5 heteroatoms. The van der Waals surface area contributed by atoms with E-state index in [1.54, 1.807) is 20.3 Å². The van der Waals surface area contributed by atoms with Gasteiger partial charge in [-0.2, -0.15) is 0 Å². The maximum absolute atomic E-state index is 9.70. The topological polar surface area (TPSA) is 64.7 Å². The number of aliphatic hydroxyl groups excluding tert-OH is 1. The Labute approximate surface area is 99.7 Å². The molecule has 90 valence electrons. The minimum Gasteiger partial charge on any atom is -0.493 e. The standard InChI is InChI=1S/C11H17NO3S/c1-14-9-4-7(8(13)6-12)5-10(16-3)11(9)15-2/h4-5,8,13H,6,12H2,1-3H3. The fraction of sp³-hybridized carbons (Fsp3) is 0.455. The molecule has 0 heterocycles. The van der Waals surface area contributed by atoms with Crippen LogP contribution in [0.2, 0.25) is 0 Å². The first-order chi connectivity index (χ1) is 7.67. The number of thioether (sulfide) groups is 1. The molecule has 0 saturated carbocycles. The monoisotopic (exact) mass is 243 g/mol. The van der Waals surface area contributed by atoms with Gasteiger partial charge in [0.25, 0.3) is 0 Å². The third kappa shape index (κ3) is 2.61. The summed E-state index contributed by atoms with van der Waals surface area (Å²) in [5.74, 6) is 1.29. The first-order valence-electron chi connectivity index (χ1n) is 4.86. The van der Waals surface area contributed by atoms with Crippen LogP contribution in [-0.4, -0.2) is 32.1 Å². The molecule has 1 unspecified atom stereocenters. The Bertz CT molecular complexity index is 332. The van der Waals surface area contributed by atoms with Gasteiger partial charge in [-0.1, -0.05) is 0 Å². The summed E-state index contributed by atoms with van der Waals surface area (Å²) in [5.41, 5.74) is 6.17. The van der Waals surface area contributed by atoms with Gasteiger partial charge in [0.2, 0.25) is 0 Å². The molecular weight excluding hydrogens is 226 g/mol. The smallest absolute Gasteiger partial charge is 0.174 e. The predicted molar refractivity (Wildman–Crippen MR) is 65.3 cm³/mol. The van der Waals surface area contributed by atoms with E-state index < -0.39 is 6.10 Å². The molecule has 0 aliphatic rings. The highest BCUT2D eigenvalue weighted by Crippen LogP contribution is 2.39. The number of rotatable bonds is 5. The number of nitrogens with two attached hydrogens (primary N) is 1. The number of aliphatic hydroxyl groups is 1. The Balaban J connectivity index is 3.25. The molecule has 0 amide bonds. The number of hydrogen-bond donors (Lipinski definition) is 2. The van der Waals surface area contributed by atoms with Crippen molar-refractivity contribution in [3.63, 3.8) is 0 Å². The molecule has 0 radical (unpaired) electrons. The van der Waals surface area contributed by atoms with Gasteiger partial charge in [-0.05, 0) is 24.0 Å². The summed E-state index contributed by atoms with van der Waals surface area (Å²) in [4.78, 5) is 0.921. The van der Waals surface area contributed by atoms with E-state index in [1.165, 1.54) is 11.8 Å². The Kier molecular flexibility index (Phi) is 4.92. The van der Waals surface area contributed by atoms with E-state index in [-0.39, 0.29) is 6.54 Å². The molecule has 0 aliphatic carbocycles. The number of benzene rings is 1. The number of methoxy groups -OCH3 is 2. The highest BCUT2D eigenvalue weighted by Gasteiger charge is 2.15. The van der Waals surface area contributed by atoms with E-state index in [0.29, 0.717) is 11.5 Å². The van der Waals surface area contributed by atoms with Crippen LogP contribution in [0.15, 0.2) is 17.0 Å². The van der Waals surface area contributed by atoms with Crippen LogP contribution in [0.3, 0.4) is 0 Å². The van der Waals surface area contributed by atoms with Crippen molar-refractivity contribution in [3.8, 4) is 11.5 Å². The number of hydrogen-bond acceptors (Lipinski definition) is 5. The van der Waals surface area contributed by atoms with Crippen molar-refractivity contribution in [1.29, 1.82) is 0 Å². The summed E-state index contributed by atoms with van der Waals surface area (Å²) in [6, 6.07) is 3.61. The van der Waals surface area contributed by atoms with Gasteiger partial charge in [0.1, 0.15) is 0 Å². The zero-order valence-electron chi connectivity index (χ0n) is 9.69. The normalized spacial score (nSPS) is 12.3. The maximum Gasteiger partial charge on any atom is 0.174 e. The second kappa shape index (κ2) is 5.98. The van der Waals surface area contributed by atoms with E-state index in [2.05, 4.69) is 0 Å². The summed E-state index contributed by atoms with van der Waals surface area (Å²) in [5, 5.41) is 9.70. The van der Waals surface area contributed by atoms with Gasteiger partial charge in [0.15, 0.2) is 11.5 Å². The van der Waals surface area contributed by atoms with Crippen LogP contribution in [0.1, 0.15) is 11.7 Å². The third-order valence-electron chi connectivity index (χ3n) is 2.30. The van der Waals surface area contributed by atoms with Crippen LogP contribution in [0.5, 0.6) is 11.5 Å². The van der Waals surface area contributed by atoms with Crippen molar-refractivity contribution in [2.24, 2.45) is 5.73 Å². The van der Waals surface area contributed by atoms with E-state index in [9.17, 15) is 5.11 Å². The third-order valence-corrected chi connectivity index (χ3v) is 3.04. The van der Waals surface area contributed by atoms with Crippen molar-refractivity contribution in [1.82, 2.24) is 0 Å². The van der Waals surface area contributed by atoms with Gasteiger partial charge in [0.05, 0.1) is 25.2 Å². The minimum atomic E-state index is -0.675. The molecule has 4 nitrogen and oxygen atoms in total. The lowest BCUT2D eigenvalue weighted by Gasteiger charge is -2.16. The molecule has 1 aromatic carbocycles. The van der Waals surface area contributed by atoms with Crippen LogP contribution in [0, 0.1) is 0 Å². The van der Waals surface area contributed by atoms with Gasteiger partial charge in [-0.3, -0.25) is 0 Å². The summed E-state index contributed by atoms with van der Waals surface area (Å²) in [6.07, 6.45) is 1.27. The fourth-order valence-electron chi connectivity index (χ4n) is 1.43. The van der Waals surface area contributed by atoms with Gasteiger partial charge >= 0.3 is 0 Å². The predicted octanol–water partition coefficient (Wildman–Crippen LogP) is 1.42. The molecule has 0 spiro atoms. The number of ether oxygens (including phenoxy) is 2. The zero-order valence-corrected chi connectivity index (χ0v) is 10.5. The molecule has 0 saturated heterocycles. The second-order valence-electron chi connectivity index (χ2n) is 3.21. The average molecular weight is 243 g/mol. The molecule has 0 aliphatic heterocycles. The van der Waals surface area contributed by atoms with Crippen molar-refractivity contribution >= 4 is 11.8 Å². The highest BCUT2D eigenvalue weighted by atomic mass is 32.2. The van der Waals surface area contributed by atoms with Gasteiger partial charge < -0.3 is 20.3 Å². The van der Waals surface area contributed by atoms with E-state index in [4.69, 9.17) is 15.2 Å². The molecule has 0 bridgehead atoms. The van der Waals surface area contributed by atoms with Crippen LogP contribution in [0.25, 0.3) is 0 Å². The molecule has 0 fully saturated rings. The Morgan fingerprint density at radius 2 is 2.06 bits per heavy atom. The fourth-order valence-corrected chi connectivity index (χ4v) is 2.05. The summed E-state index contributed by atoms with van der Waals surface area (Å²) in [7, 11) is 3.16. The Hall–Kier alpha value is -0.910. The molecule has 1 rings (SSSR count). The second-order valence-corrected chi connectivity index (χ2v) is 4.06. The molecule has 3 N–H and O–H groups in total. The lowest BCUT2D eigenvalue weighted by Crippen LogP contribution is -2.12. The first kappa shape index (κ1) is 13.2. The summed E-state index contributed by atoms with van der Waals surface area (Å²) in [6.45, 7) is 0.184. The van der Waals surface area contributed by atoms with Crippen molar-refractivity contribution in [2.45, 2.75) is 11.0 Å². The zero-order chi connectivity index (χ0) is 12.1. The van der Waals surface area contributed by atoms with Gasteiger partial charge in [0, 0.05) is 6.54 Å². The molecule has 1 atom stereocenters. The van der Waals surface area contributed by atoms with E-state index in [0.717, 1.165) is 10.5 Å². The quantitative estimate of drug-likeness (QED) is 0.766. The summed E-state index contributed by atoms with van der Waals surface area (Å²) < 4.78 is 10.5. The van der Waals surface area contributed by atoms with Crippen LogP contribution >= 0.6 is 11.8 Å². The maximum atomic E-state index is 9.70. The average Bonchev–Trinajstić information content (AvgIpc) is 2.35. The van der Waals surface area contributed by atoms with Crippen molar-refractivity contribution in [3.05, 3.63) is 17.7 Å². The summed E-state index contributed by atoms with van der Waals surface area (Å²) >= 11 is 1.53. The van der Waals surface area contributed by atoms with Crippen molar-refractivity contribution in [2.75, 3.05) is 27.0 Å². The molecular formula is C11H17NO3S. The lowest BCUT2D eigenvalue weighted by molar-refractivity contribution is 0.185. The van der Waals surface area contributed by atoms with Gasteiger partial charge in [-0.15, -0.1) is 11.8 Å². The molecule has 16 heavy (non-hydrogen) atoms. The molecule has 1 aromatic rings. The van der Waals surface area contributed by atoms with E-state index in [1.807, 2.05) is 12.3 Å². The highest BCUT2D eigenvalue weighted by molar-refractivity contribution is 7.98. The minimum absolute atomic E-state index is 0.184. The van der Waals surface area contributed by atoms with E-state index >= 15 is 0 Å². The Morgan fingerprint density at radius 3 is 2.50 bits per heavy atom. The van der Waals surface area contributed by atoms with Crippen molar-refractivity contribution < 1.29 is 14.6 Å². The van der Waals surface area contributed by atoms with Gasteiger partial charge in [-0.25, -0.2) is 0 Å². The van der Waals surface area contributed by atoms with Crippen LogP contribution < -0.4 is 15.2 Å². The largest absolute Gasteiger partial charge is 0.493 e. The Morgan fingerprint density at radius 1 is 1.38 bits per heavy atom. The van der Waals surface area contributed by atoms with Crippen LogP contribution in [-0.2, 0) is 0 Å². The molecule has 0 aromatic heterocycles. The first-order valence-corrected chi connectivity index (χ1v) is 6.08.